The van der Waals surface area contributed by atoms with Crippen molar-refractivity contribution in [3.05, 3.63) is 26.7 Å². The van der Waals surface area contributed by atoms with E-state index in [1.165, 1.54) is 7.05 Å². The molecule has 0 aliphatic rings. The van der Waals surface area contributed by atoms with Crippen molar-refractivity contribution in [2.24, 2.45) is 18.7 Å². The highest BCUT2D eigenvalue weighted by molar-refractivity contribution is 5.71. The van der Waals surface area contributed by atoms with Crippen molar-refractivity contribution in [2.75, 3.05) is 6.54 Å². The van der Waals surface area contributed by atoms with Gasteiger partial charge in [0.25, 0.3) is 5.56 Å². The third kappa shape index (κ3) is 2.72. The maximum absolute atomic E-state index is 12.6. The zero-order valence-electron chi connectivity index (χ0n) is 13.8. The van der Waals surface area contributed by atoms with Crippen molar-refractivity contribution >= 4 is 11.2 Å². The molecule has 2 heterocycles. The Labute approximate surface area is 129 Å². The van der Waals surface area contributed by atoms with E-state index in [1.54, 1.807) is 4.57 Å². The molecule has 0 fully saturated rings. The number of nitrogens with two attached hydrogens (primary N) is 1. The summed E-state index contributed by atoms with van der Waals surface area (Å²) in [5.74, 6) is 1.27. The van der Waals surface area contributed by atoms with Crippen molar-refractivity contribution in [3.8, 4) is 0 Å². The molecule has 0 atom stereocenters. The van der Waals surface area contributed by atoms with Crippen molar-refractivity contribution < 1.29 is 0 Å². The molecule has 22 heavy (non-hydrogen) atoms. The molecule has 122 valence electrons. The van der Waals surface area contributed by atoms with E-state index in [4.69, 9.17) is 5.73 Å². The Balaban J connectivity index is 2.83. The zero-order chi connectivity index (χ0) is 16.4. The fourth-order valence-electron chi connectivity index (χ4n) is 2.70. The SMILES string of the molecule is CCn1c(=O)n(C)c(=O)c2c1nc(CC(C)C)n2CCCN. The predicted octanol–water partition coefficient (Wildman–Crippen LogP) is 0.464. The van der Waals surface area contributed by atoms with E-state index >= 15 is 0 Å². The number of hydrogen-bond acceptors (Lipinski definition) is 4. The minimum atomic E-state index is -0.320. The molecular formula is C15H25N5O2. The van der Waals surface area contributed by atoms with Gasteiger partial charge in [-0.3, -0.25) is 13.9 Å². The molecule has 0 aliphatic carbocycles. The van der Waals surface area contributed by atoms with E-state index < -0.39 is 0 Å². The lowest BCUT2D eigenvalue weighted by atomic mass is 10.1. The van der Waals surface area contributed by atoms with E-state index in [0.717, 1.165) is 23.2 Å². The summed E-state index contributed by atoms with van der Waals surface area (Å²) in [6, 6.07) is 0. The number of fused-ring (bicyclic) bond motifs is 1. The summed E-state index contributed by atoms with van der Waals surface area (Å²) in [6.45, 7) is 7.78. The van der Waals surface area contributed by atoms with Gasteiger partial charge in [0.1, 0.15) is 5.82 Å². The molecule has 2 aromatic heterocycles. The van der Waals surface area contributed by atoms with Crippen LogP contribution in [0.4, 0.5) is 0 Å². The van der Waals surface area contributed by atoms with Crippen LogP contribution in [0.1, 0.15) is 33.0 Å². The second kappa shape index (κ2) is 6.48. The summed E-state index contributed by atoms with van der Waals surface area (Å²) >= 11 is 0. The lowest BCUT2D eigenvalue weighted by molar-refractivity contribution is 0.566. The maximum Gasteiger partial charge on any atom is 0.332 e. The summed E-state index contributed by atoms with van der Waals surface area (Å²) in [5, 5.41) is 0. The number of aromatic nitrogens is 4. The van der Waals surface area contributed by atoms with E-state index in [-0.39, 0.29) is 11.2 Å². The quantitative estimate of drug-likeness (QED) is 0.840. The van der Waals surface area contributed by atoms with E-state index in [9.17, 15) is 9.59 Å². The predicted molar refractivity (Wildman–Crippen MR) is 87.1 cm³/mol. The molecule has 0 spiro atoms. The number of hydrogen-bond donors (Lipinski definition) is 1. The topological polar surface area (TPSA) is 87.8 Å². The van der Waals surface area contributed by atoms with Crippen LogP contribution in [-0.2, 0) is 26.6 Å². The Morgan fingerprint density at radius 2 is 1.91 bits per heavy atom. The molecule has 0 aliphatic heterocycles. The fraction of sp³-hybridized carbons (Fsp3) is 0.667. The van der Waals surface area contributed by atoms with Gasteiger partial charge in [-0.25, -0.2) is 9.78 Å². The van der Waals surface area contributed by atoms with E-state index in [1.807, 2.05) is 11.5 Å². The van der Waals surface area contributed by atoms with Crippen LogP contribution in [0.5, 0.6) is 0 Å². The normalized spacial score (nSPS) is 11.7. The van der Waals surface area contributed by atoms with Gasteiger partial charge in [0.2, 0.25) is 0 Å². The first-order valence-corrected chi connectivity index (χ1v) is 7.81. The molecule has 0 amide bonds. The molecule has 2 rings (SSSR count). The number of rotatable bonds is 6. The number of imidazole rings is 1. The van der Waals surface area contributed by atoms with Crippen LogP contribution in [0, 0.1) is 5.92 Å². The molecule has 2 aromatic rings. The van der Waals surface area contributed by atoms with Gasteiger partial charge in [-0.15, -0.1) is 0 Å². The Morgan fingerprint density at radius 3 is 2.45 bits per heavy atom. The molecule has 2 N–H and O–H groups in total. The van der Waals surface area contributed by atoms with Crippen LogP contribution in [0.3, 0.4) is 0 Å². The van der Waals surface area contributed by atoms with Crippen LogP contribution < -0.4 is 17.0 Å². The molecule has 0 saturated carbocycles. The first kappa shape index (κ1) is 16.5. The monoisotopic (exact) mass is 307 g/mol. The minimum Gasteiger partial charge on any atom is -0.330 e. The average molecular weight is 307 g/mol. The minimum absolute atomic E-state index is 0.288. The van der Waals surface area contributed by atoms with Gasteiger partial charge >= 0.3 is 5.69 Å². The zero-order valence-corrected chi connectivity index (χ0v) is 13.8. The van der Waals surface area contributed by atoms with Gasteiger partial charge in [0, 0.05) is 26.6 Å². The van der Waals surface area contributed by atoms with E-state index in [2.05, 4.69) is 18.8 Å². The Kier molecular flexibility index (Phi) is 4.85. The second-order valence-corrected chi connectivity index (χ2v) is 5.98. The van der Waals surface area contributed by atoms with Crippen LogP contribution in [-0.4, -0.2) is 25.2 Å². The van der Waals surface area contributed by atoms with Crippen molar-refractivity contribution in [1.82, 2.24) is 18.7 Å². The highest BCUT2D eigenvalue weighted by atomic mass is 16.2. The average Bonchev–Trinajstić information content (AvgIpc) is 2.80. The highest BCUT2D eigenvalue weighted by Crippen LogP contribution is 2.15. The molecular weight excluding hydrogens is 282 g/mol. The third-order valence-electron chi connectivity index (χ3n) is 3.80. The standard InChI is InChI=1S/C15H25N5O2/c1-5-19-13-12(14(21)18(4)15(19)22)20(8-6-7-16)11(17-13)9-10(2)3/h10H,5-9,16H2,1-4H3. The smallest absolute Gasteiger partial charge is 0.330 e. The molecule has 7 heteroatoms. The molecule has 7 nitrogen and oxygen atoms in total. The summed E-state index contributed by atoms with van der Waals surface area (Å²) in [6.07, 6.45) is 1.53. The first-order valence-electron chi connectivity index (χ1n) is 7.81. The Bertz CT molecular complexity index is 782. The van der Waals surface area contributed by atoms with Crippen molar-refractivity contribution in [1.29, 1.82) is 0 Å². The Morgan fingerprint density at radius 1 is 1.23 bits per heavy atom. The molecule has 0 bridgehead atoms. The molecule has 0 saturated heterocycles. The fourth-order valence-corrected chi connectivity index (χ4v) is 2.70. The lowest BCUT2D eigenvalue weighted by Gasteiger charge is -2.10. The third-order valence-corrected chi connectivity index (χ3v) is 3.80. The maximum atomic E-state index is 12.6. The van der Waals surface area contributed by atoms with Crippen LogP contribution in [0.2, 0.25) is 0 Å². The van der Waals surface area contributed by atoms with Gasteiger partial charge in [-0.2, -0.15) is 0 Å². The van der Waals surface area contributed by atoms with Crippen molar-refractivity contribution in [2.45, 2.75) is 46.7 Å². The van der Waals surface area contributed by atoms with Crippen molar-refractivity contribution in [3.63, 3.8) is 0 Å². The highest BCUT2D eigenvalue weighted by Gasteiger charge is 2.19. The van der Waals surface area contributed by atoms with Gasteiger partial charge in [-0.05, 0) is 25.8 Å². The number of aryl methyl sites for hydroxylation is 2. The Hall–Kier alpha value is -1.89. The van der Waals surface area contributed by atoms with Gasteiger partial charge in [0.15, 0.2) is 11.2 Å². The number of nitrogens with zero attached hydrogens (tertiary/aromatic N) is 4. The van der Waals surface area contributed by atoms with Crippen LogP contribution in [0.25, 0.3) is 11.2 Å². The van der Waals surface area contributed by atoms with Gasteiger partial charge < -0.3 is 10.3 Å². The van der Waals surface area contributed by atoms with Crippen LogP contribution >= 0.6 is 0 Å². The summed E-state index contributed by atoms with van der Waals surface area (Å²) in [7, 11) is 1.51. The molecule has 0 unspecified atom stereocenters. The summed E-state index contributed by atoms with van der Waals surface area (Å²) in [4.78, 5) is 29.4. The first-order chi connectivity index (χ1) is 10.4. The lowest BCUT2D eigenvalue weighted by Crippen LogP contribution is -2.38. The molecule has 0 radical (unpaired) electrons. The largest absolute Gasteiger partial charge is 0.332 e. The summed E-state index contributed by atoms with van der Waals surface area (Å²) in [5.41, 5.74) is 6.01. The van der Waals surface area contributed by atoms with E-state index in [0.29, 0.717) is 36.7 Å². The molecule has 0 aromatic carbocycles. The summed E-state index contributed by atoms with van der Waals surface area (Å²) < 4.78 is 4.65. The second-order valence-electron chi connectivity index (χ2n) is 5.98. The van der Waals surface area contributed by atoms with Gasteiger partial charge in [0.05, 0.1) is 0 Å². The van der Waals surface area contributed by atoms with Crippen LogP contribution in [0.15, 0.2) is 9.59 Å². The van der Waals surface area contributed by atoms with Gasteiger partial charge in [-0.1, -0.05) is 13.8 Å².